The molecular formula is C13H19FN2O2. The number of rotatable bonds is 7. The molecule has 0 aliphatic rings. The Labute approximate surface area is 106 Å². The molecule has 1 rings (SSSR count). The molecular weight excluding hydrogens is 235 g/mol. The first-order chi connectivity index (χ1) is 8.65. The van der Waals surface area contributed by atoms with Gasteiger partial charge in [-0.05, 0) is 31.2 Å². The zero-order valence-corrected chi connectivity index (χ0v) is 10.5. The zero-order chi connectivity index (χ0) is 13.4. The Morgan fingerprint density at radius 1 is 1.44 bits per heavy atom. The maximum absolute atomic E-state index is 12.9. The number of aliphatic hydroxyl groups excluding tert-OH is 1. The second kappa shape index (κ2) is 7.79. The molecule has 1 aromatic carbocycles. The molecule has 0 radical (unpaired) electrons. The highest BCUT2D eigenvalue weighted by Crippen LogP contribution is 2.08. The molecule has 0 heterocycles. The summed E-state index contributed by atoms with van der Waals surface area (Å²) in [5, 5.41) is 11.5. The van der Waals surface area contributed by atoms with Crippen LogP contribution in [-0.2, 0) is 4.79 Å². The summed E-state index contributed by atoms with van der Waals surface area (Å²) in [6.45, 7) is 3.44. The van der Waals surface area contributed by atoms with E-state index < -0.39 is 0 Å². The van der Waals surface area contributed by atoms with Gasteiger partial charge in [0.15, 0.2) is 0 Å². The Bertz CT molecular complexity index is 379. The van der Waals surface area contributed by atoms with Crippen molar-refractivity contribution in [3.05, 3.63) is 30.1 Å². The van der Waals surface area contributed by atoms with Crippen molar-refractivity contribution in [1.82, 2.24) is 4.90 Å². The fourth-order valence-electron chi connectivity index (χ4n) is 1.70. The van der Waals surface area contributed by atoms with E-state index >= 15 is 0 Å². The number of hydrogen-bond donors (Lipinski definition) is 2. The molecule has 0 saturated carbocycles. The Morgan fingerprint density at radius 3 is 2.83 bits per heavy atom. The lowest BCUT2D eigenvalue weighted by Crippen LogP contribution is -2.35. The molecule has 0 unspecified atom stereocenters. The quantitative estimate of drug-likeness (QED) is 0.774. The second-order valence-corrected chi connectivity index (χ2v) is 4.06. The molecule has 0 aliphatic heterocycles. The van der Waals surface area contributed by atoms with Gasteiger partial charge in [-0.3, -0.25) is 9.69 Å². The highest BCUT2D eigenvalue weighted by atomic mass is 19.1. The normalized spacial score (nSPS) is 10.7. The van der Waals surface area contributed by atoms with Crippen molar-refractivity contribution < 1.29 is 14.3 Å². The number of nitrogens with zero attached hydrogens (tertiary/aromatic N) is 1. The van der Waals surface area contributed by atoms with E-state index in [1.54, 1.807) is 12.1 Å². The topological polar surface area (TPSA) is 52.6 Å². The van der Waals surface area contributed by atoms with Crippen molar-refractivity contribution in [3.63, 3.8) is 0 Å². The first-order valence-electron chi connectivity index (χ1n) is 6.04. The van der Waals surface area contributed by atoms with Gasteiger partial charge in [-0.25, -0.2) is 4.39 Å². The summed E-state index contributed by atoms with van der Waals surface area (Å²) in [6.07, 6.45) is 0.910. The lowest BCUT2D eigenvalue weighted by Gasteiger charge is -2.19. The van der Waals surface area contributed by atoms with Gasteiger partial charge < -0.3 is 10.4 Å². The summed E-state index contributed by atoms with van der Waals surface area (Å²) in [5.74, 6) is -0.587. The molecule has 0 saturated heterocycles. The molecule has 1 amide bonds. The Kier molecular flexibility index (Phi) is 6.32. The Morgan fingerprint density at radius 2 is 2.22 bits per heavy atom. The minimum atomic E-state index is -0.381. The van der Waals surface area contributed by atoms with E-state index in [0.29, 0.717) is 12.2 Å². The Balaban J connectivity index is 2.49. The van der Waals surface area contributed by atoms with Gasteiger partial charge in [0.25, 0.3) is 0 Å². The van der Waals surface area contributed by atoms with Crippen molar-refractivity contribution in [1.29, 1.82) is 0 Å². The van der Waals surface area contributed by atoms with Crippen LogP contribution in [0.1, 0.15) is 13.3 Å². The molecule has 0 atom stereocenters. The summed E-state index contributed by atoms with van der Waals surface area (Å²) in [6, 6.07) is 5.78. The second-order valence-electron chi connectivity index (χ2n) is 4.06. The van der Waals surface area contributed by atoms with E-state index in [9.17, 15) is 9.18 Å². The molecule has 5 heteroatoms. The SMILES string of the molecule is CCCN(CCO)CC(=O)Nc1cccc(F)c1. The molecule has 0 bridgehead atoms. The van der Waals surface area contributed by atoms with Crippen LogP contribution >= 0.6 is 0 Å². The molecule has 0 aliphatic carbocycles. The lowest BCUT2D eigenvalue weighted by atomic mass is 10.3. The predicted molar refractivity (Wildman–Crippen MR) is 68.8 cm³/mol. The average molecular weight is 254 g/mol. The lowest BCUT2D eigenvalue weighted by molar-refractivity contribution is -0.117. The third kappa shape index (κ3) is 5.25. The third-order valence-corrected chi connectivity index (χ3v) is 2.43. The van der Waals surface area contributed by atoms with Crippen LogP contribution in [0, 0.1) is 5.82 Å². The van der Waals surface area contributed by atoms with Crippen LogP contribution in [0.15, 0.2) is 24.3 Å². The van der Waals surface area contributed by atoms with Gasteiger partial charge in [0.05, 0.1) is 13.2 Å². The highest BCUT2D eigenvalue weighted by Gasteiger charge is 2.09. The molecule has 1 aromatic rings. The van der Waals surface area contributed by atoms with Gasteiger partial charge in [0.2, 0.25) is 5.91 Å². The van der Waals surface area contributed by atoms with E-state index in [-0.39, 0.29) is 24.9 Å². The van der Waals surface area contributed by atoms with Gasteiger partial charge in [0.1, 0.15) is 5.82 Å². The van der Waals surface area contributed by atoms with Gasteiger partial charge in [-0.2, -0.15) is 0 Å². The van der Waals surface area contributed by atoms with E-state index in [0.717, 1.165) is 13.0 Å². The van der Waals surface area contributed by atoms with Crippen LogP contribution in [0.4, 0.5) is 10.1 Å². The van der Waals surface area contributed by atoms with Crippen molar-refractivity contribution >= 4 is 11.6 Å². The number of nitrogens with one attached hydrogen (secondary N) is 1. The molecule has 100 valence electrons. The zero-order valence-electron chi connectivity index (χ0n) is 10.5. The summed E-state index contributed by atoms with van der Waals surface area (Å²) >= 11 is 0. The molecule has 4 nitrogen and oxygen atoms in total. The summed E-state index contributed by atoms with van der Waals surface area (Å²) in [7, 11) is 0. The summed E-state index contributed by atoms with van der Waals surface area (Å²) in [4.78, 5) is 13.6. The minimum absolute atomic E-state index is 0.0211. The molecule has 0 aromatic heterocycles. The van der Waals surface area contributed by atoms with Gasteiger partial charge in [0, 0.05) is 12.2 Å². The number of amides is 1. The van der Waals surface area contributed by atoms with Crippen molar-refractivity contribution in [2.75, 3.05) is 31.6 Å². The number of hydrogen-bond acceptors (Lipinski definition) is 3. The van der Waals surface area contributed by atoms with Crippen molar-refractivity contribution in [3.8, 4) is 0 Å². The number of carbonyl (C=O) groups excluding carboxylic acids is 1. The highest BCUT2D eigenvalue weighted by molar-refractivity contribution is 5.92. The van der Waals surface area contributed by atoms with Gasteiger partial charge >= 0.3 is 0 Å². The predicted octanol–water partition coefficient (Wildman–Crippen LogP) is 1.47. The first-order valence-corrected chi connectivity index (χ1v) is 6.04. The largest absolute Gasteiger partial charge is 0.395 e. The molecule has 18 heavy (non-hydrogen) atoms. The van der Waals surface area contributed by atoms with Crippen LogP contribution in [0.2, 0.25) is 0 Å². The van der Waals surface area contributed by atoms with Crippen molar-refractivity contribution in [2.45, 2.75) is 13.3 Å². The van der Waals surface area contributed by atoms with E-state index in [1.807, 2.05) is 11.8 Å². The average Bonchev–Trinajstić information content (AvgIpc) is 2.29. The van der Waals surface area contributed by atoms with Gasteiger partial charge in [-0.1, -0.05) is 13.0 Å². The van der Waals surface area contributed by atoms with Gasteiger partial charge in [-0.15, -0.1) is 0 Å². The summed E-state index contributed by atoms with van der Waals surface area (Å²) in [5.41, 5.74) is 0.445. The fourth-order valence-corrected chi connectivity index (χ4v) is 1.70. The smallest absolute Gasteiger partial charge is 0.238 e. The maximum atomic E-state index is 12.9. The van der Waals surface area contributed by atoms with Crippen LogP contribution < -0.4 is 5.32 Å². The monoisotopic (exact) mass is 254 g/mol. The first kappa shape index (κ1) is 14.6. The maximum Gasteiger partial charge on any atom is 0.238 e. The number of anilines is 1. The third-order valence-electron chi connectivity index (χ3n) is 2.43. The van der Waals surface area contributed by atoms with E-state index in [4.69, 9.17) is 5.11 Å². The molecule has 0 spiro atoms. The number of benzene rings is 1. The minimum Gasteiger partial charge on any atom is -0.395 e. The number of carbonyl (C=O) groups is 1. The summed E-state index contributed by atoms with van der Waals surface area (Å²) < 4.78 is 12.9. The van der Waals surface area contributed by atoms with Crippen molar-refractivity contribution in [2.24, 2.45) is 0 Å². The number of halogens is 1. The molecule has 2 N–H and O–H groups in total. The van der Waals surface area contributed by atoms with Crippen LogP contribution in [0.25, 0.3) is 0 Å². The van der Waals surface area contributed by atoms with Crippen LogP contribution in [0.3, 0.4) is 0 Å². The standard InChI is InChI=1S/C13H19FN2O2/c1-2-6-16(7-8-17)10-13(18)15-12-5-3-4-11(14)9-12/h3-5,9,17H,2,6-8,10H2,1H3,(H,15,18). The van der Waals surface area contributed by atoms with Crippen LogP contribution in [-0.4, -0.2) is 42.2 Å². The fraction of sp³-hybridized carbons (Fsp3) is 0.462. The van der Waals surface area contributed by atoms with E-state index in [1.165, 1.54) is 12.1 Å². The molecule has 0 fully saturated rings. The number of aliphatic hydroxyl groups is 1. The van der Waals surface area contributed by atoms with E-state index in [2.05, 4.69) is 5.32 Å². The Hall–Kier alpha value is -1.46. The van der Waals surface area contributed by atoms with Crippen LogP contribution in [0.5, 0.6) is 0 Å².